The highest BCUT2D eigenvalue weighted by Crippen LogP contribution is 2.35. The van der Waals surface area contributed by atoms with E-state index in [1.165, 1.54) is 0 Å². The number of nitrogens with two attached hydrogens (primary N) is 1. The minimum Gasteiger partial charge on any atom is -0.455 e. The summed E-state index contributed by atoms with van der Waals surface area (Å²) in [4.78, 5) is 0. The molecule has 3 aromatic carbocycles. The van der Waals surface area contributed by atoms with E-state index in [0.29, 0.717) is 27.2 Å². The maximum atomic E-state index is 9.25. The fourth-order valence-corrected chi connectivity index (χ4v) is 2.64. The third-order valence-electron chi connectivity index (χ3n) is 3.22. The molecule has 0 aromatic heterocycles. The Morgan fingerprint density at radius 2 is 1.67 bits per heavy atom. The number of nitrogens with zero attached hydrogens (tertiary/aromatic N) is 1. The Labute approximate surface area is 130 Å². The first-order chi connectivity index (χ1) is 10.2. The van der Waals surface area contributed by atoms with E-state index >= 15 is 0 Å². The van der Waals surface area contributed by atoms with Gasteiger partial charge < -0.3 is 10.5 Å². The van der Waals surface area contributed by atoms with Gasteiger partial charge in [0.25, 0.3) is 0 Å². The van der Waals surface area contributed by atoms with E-state index in [2.05, 4.69) is 22.0 Å². The smallest absolute Gasteiger partial charge is 0.146 e. The third-order valence-corrected chi connectivity index (χ3v) is 3.89. The summed E-state index contributed by atoms with van der Waals surface area (Å²) in [6.07, 6.45) is 0. The van der Waals surface area contributed by atoms with Crippen molar-refractivity contribution in [3.8, 4) is 17.6 Å². The molecule has 0 fully saturated rings. The summed E-state index contributed by atoms with van der Waals surface area (Å²) in [6, 6.07) is 19.0. The minimum absolute atomic E-state index is 0.471. The standard InChI is InChI=1S/C17H11BrN2O/c18-14-6-3-7-16(13(14)10-19)21-17-9-8-15(20)11-4-1-2-5-12(11)17/h1-9H,20H2. The van der Waals surface area contributed by atoms with Crippen molar-refractivity contribution in [3.05, 3.63) is 64.6 Å². The second kappa shape index (κ2) is 5.47. The molecule has 0 aliphatic heterocycles. The quantitative estimate of drug-likeness (QED) is 0.679. The van der Waals surface area contributed by atoms with E-state index in [9.17, 15) is 5.26 Å². The summed E-state index contributed by atoms with van der Waals surface area (Å²) in [6.45, 7) is 0. The number of rotatable bonds is 2. The molecule has 102 valence electrons. The van der Waals surface area contributed by atoms with E-state index in [-0.39, 0.29) is 0 Å². The number of nitrogen functional groups attached to an aromatic ring is 1. The van der Waals surface area contributed by atoms with Gasteiger partial charge in [0, 0.05) is 20.9 Å². The van der Waals surface area contributed by atoms with Gasteiger partial charge in [-0.25, -0.2) is 0 Å². The van der Waals surface area contributed by atoms with Crippen molar-refractivity contribution in [2.24, 2.45) is 0 Å². The van der Waals surface area contributed by atoms with Gasteiger partial charge in [-0.1, -0.05) is 30.3 Å². The van der Waals surface area contributed by atoms with Crippen molar-refractivity contribution >= 4 is 32.4 Å². The average Bonchev–Trinajstić information content (AvgIpc) is 2.51. The highest BCUT2D eigenvalue weighted by Gasteiger charge is 2.11. The van der Waals surface area contributed by atoms with Gasteiger partial charge in [-0.2, -0.15) is 5.26 Å². The van der Waals surface area contributed by atoms with Crippen LogP contribution in [0.25, 0.3) is 10.8 Å². The van der Waals surface area contributed by atoms with Gasteiger partial charge in [0.05, 0.1) is 0 Å². The third kappa shape index (κ3) is 2.44. The fourth-order valence-electron chi connectivity index (χ4n) is 2.20. The lowest BCUT2D eigenvalue weighted by Gasteiger charge is -2.12. The van der Waals surface area contributed by atoms with Crippen LogP contribution in [-0.2, 0) is 0 Å². The Hall–Kier alpha value is -2.51. The molecule has 0 heterocycles. The van der Waals surface area contributed by atoms with Crippen molar-refractivity contribution in [1.82, 2.24) is 0 Å². The molecule has 3 rings (SSSR count). The Kier molecular flexibility index (Phi) is 3.51. The predicted octanol–water partition coefficient (Wildman–Crippen LogP) is 4.85. The van der Waals surface area contributed by atoms with Crippen LogP contribution in [0.3, 0.4) is 0 Å². The zero-order valence-electron chi connectivity index (χ0n) is 11.0. The molecule has 0 atom stereocenters. The molecular formula is C17H11BrN2O. The van der Waals surface area contributed by atoms with Gasteiger partial charge in [0.1, 0.15) is 23.1 Å². The number of ether oxygens (including phenoxy) is 1. The van der Waals surface area contributed by atoms with Crippen LogP contribution < -0.4 is 10.5 Å². The van der Waals surface area contributed by atoms with Crippen LogP contribution in [0, 0.1) is 11.3 Å². The molecular weight excluding hydrogens is 328 g/mol. The lowest BCUT2D eigenvalue weighted by molar-refractivity contribution is 0.486. The Morgan fingerprint density at radius 3 is 2.43 bits per heavy atom. The van der Waals surface area contributed by atoms with Crippen molar-refractivity contribution in [2.75, 3.05) is 5.73 Å². The van der Waals surface area contributed by atoms with E-state index < -0.39 is 0 Å². The largest absolute Gasteiger partial charge is 0.455 e. The van der Waals surface area contributed by atoms with Crippen LogP contribution in [-0.4, -0.2) is 0 Å². The summed E-state index contributed by atoms with van der Waals surface area (Å²) in [5.74, 6) is 1.19. The number of hydrogen-bond acceptors (Lipinski definition) is 3. The molecule has 0 spiro atoms. The number of halogens is 1. The van der Waals surface area contributed by atoms with Gasteiger partial charge in [0.2, 0.25) is 0 Å². The summed E-state index contributed by atoms with van der Waals surface area (Å²) in [5, 5.41) is 11.1. The molecule has 0 amide bonds. The molecule has 0 aliphatic carbocycles. The second-order valence-corrected chi connectivity index (χ2v) is 5.38. The molecule has 3 aromatic rings. The van der Waals surface area contributed by atoms with Gasteiger partial charge >= 0.3 is 0 Å². The number of hydrogen-bond donors (Lipinski definition) is 1. The molecule has 0 saturated carbocycles. The number of nitriles is 1. The van der Waals surface area contributed by atoms with Crippen molar-refractivity contribution < 1.29 is 4.74 Å². The molecule has 0 bridgehead atoms. The van der Waals surface area contributed by atoms with Crippen LogP contribution in [0.15, 0.2) is 59.1 Å². The normalized spacial score (nSPS) is 10.3. The minimum atomic E-state index is 0.471. The molecule has 21 heavy (non-hydrogen) atoms. The molecule has 0 saturated heterocycles. The zero-order valence-corrected chi connectivity index (χ0v) is 12.6. The van der Waals surface area contributed by atoms with Crippen LogP contribution in [0.4, 0.5) is 5.69 Å². The fraction of sp³-hybridized carbons (Fsp3) is 0. The van der Waals surface area contributed by atoms with E-state index in [0.717, 1.165) is 10.8 Å². The van der Waals surface area contributed by atoms with Crippen LogP contribution in [0.1, 0.15) is 5.56 Å². The summed E-state index contributed by atoms with van der Waals surface area (Å²) >= 11 is 3.36. The van der Waals surface area contributed by atoms with Crippen LogP contribution in [0.2, 0.25) is 0 Å². The monoisotopic (exact) mass is 338 g/mol. The Morgan fingerprint density at radius 1 is 0.905 bits per heavy atom. The Bertz CT molecular complexity index is 868. The summed E-state index contributed by atoms with van der Waals surface area (Å²) in [7, 11) is 0. The van der Waals surface area contributed by atoms with E-state index in [1.807, 2.05) is 48.5 Å². The van der Waals surface area contributed by atoms with Gasteiger partial charge in [-0.3, -0.25) is 0 Å². The summed E-state index contributed by atoms with van der Waals surface area (Å²) in [5.41, 5.74) is 7.16. The van der Waals surface area contributed by atoms with E-state index in [1.54, 1.807) is 6.07 Å². The molecule has 0 aliphatic rings. The predicted molar refractivity (Wildman–Crippen MR) is 87.3 cm³/mol. The number of anilines is 1. The van der Waals surface area contributed by atoms with Crippen molar-refractivity contribution in [3.63, 3.8) is 0 Å². The van der Waals surface area contributed by atoms with Crippen molar-refractivity contribution in [1.29, 1.82) is 5.26 Å². The molecule has 3 nitrogen and oxygen atoms in total. The molecule has 0 unspecified atom stereocenters. The summed E-state index contributed by atoms with van der Waals surface area (Å²) < 4.78 is 6.65. The topological polar surface area (TPSA) is 59.0 Å². The first-order valence-electron chi connectivity index (χ1n) is 6.34. The first-order valence-corrected chi connectivity index (χ1v) is 7.13. The Balaban J connectivity index is 2.14. The SMILES string of the molecule is N#Cc1c(Br)cccc1Oc1ccc(N)c2ccccc12. The maximum Gasteiger partial charge on any atom is 0.146 e. The number of fused-ring (bicyclic) bond motifs is 1. The zero-order chi connectivity index (χ0) is 14.8. The van der Waals surface area contributed by atoms with Gasteiger partial charge in [0.15, 0.2) is 0 Å². The lowest BCUT2D eigenvalue weighted by atomic mass is 10.1. The highest BCUT2D eigenvalue weighted by molar-refractivity contribution is 9.10. The second-order valence-electron chi connectivity index (χ2n) is 4.53. The van der Waals surface area contributed by atoms with Crippen molar-refractivity contribution in [2.45, 2.75) is 0 Å². The average molecular weight is 339 g/mol. The van der Waals surface area contributed by atoms with E-state index in [4.69, 9.17) is 10.5 Å². The van der Waals surface area contributed by atoms with Gasteiger partial charge in [-0.15, -0.1) is 0 Å². The molecule has 4 heteroatoms. The maximum absolute atomic E-state index is 9.25. The number of benzene rings is 3. The van der Waals surface area contributed by atoms with Crippen LogP contribution in [0.5, 0.6) is 11.5 Å². The van der Waals surface area contributed by atoms with Crippen LogP contribution >= 0.6 is 15.9 Å². The first kappa shape index (κ1) is 13.5. The highest BCUT2D eigenvalue weighted by atomic mass is 79.9. The lowest BCUT2D eigenvalue weighted by Crippen LogP contribution is -1.92. The molecule has 2 N–H and O–H groups in total. The molecule has 0 radical (unpaired) electrons. The van der Waals surface area contributed by atoms with Gasteiger partial charge in [-0.05, 0) is 40.2 Å².